The molecule has 96 valence electrons. The van der Waals surface area contributed by atoms with Gasteiger partial charge in [0, 0.05) is 37.4 Å². The summed E-state index contributed by atoms with van der Waals surface area (Å²) in [4.78, 5) is 28.2. The number of carbonyl (C=O) groups is 2. The van der Waals surface area contributed by atoms with Gasteiger partial charge in [-0.1, -0.05) is 23.4 Å². The molecule has 7 heteroatoms. The molecule has 1 saturated heterocycles. The molecule has 0 aliphatic carbocycles. The van der Waals surface area contributed by atoms with Gasteiger partial charge in [-0.2, -0.15) is 0 Å². The third kappa shape index (κ3) is 2.76. The van der Waals surface area contributed by atoms with Crippen LogP contribution in [-0.2, 0) is 9.59 Å². The summed E-state index contributed by atoms with van der Waals surface area (Å²) < 4.78 is 0. The fourth-order valence-electron chi connectivity index (χ4n) is 1.82. The topological polar surface area (TPSA) is 70.5 Å². The summed E-state index contributed by atoms with van der Waals surface area (Å²) >= 11 is 6.82. The molecule has 1 N–H and O–H groups in total. The molecule has 0 spiro atoms. The number of halogens is 1. The average molecular weight is 287 g/mol. The normalized spacial score (nSPS) is 19.3. The summed E-state index contributed by atoms with van der Waals surface area (Å²) in [6.07, 6.45) is 1.64. The Kier molecular flexibility index (Phi) is 3.77. The molecule has 1 unspecified atom stereocenters. The number of hydrogen-bond acceptors (Lipinski definition) is 5. The van der Waals surface area contributed by atoms with Gasteiger partial charge in [-0.05, 0) is 0 Å². The predicted octanol–water partition coefficient (Wildman–Crippen LogP) is 1.83. The number of nitrogens with zero attached hydrogens (tertiary/aromatic N) is 2. The zero-order valence-corrected chi connectivity index (χ0v) is 11.2. The Morgan fingerprint density at radius 3 is 3.00 bits per heavy atom. The van der Waals surface area contributed by atoms with Crippen molar-refractivity contribution in [3.63, 3.8) is 0 Å². The lowest BCUT2D eigenvalue weighted by Gasteiger charge is -2.16. The maximum absolute atomic E-state index is 11.8. The van der Waals surface area contributed by atoms with Crippen LogP contribution in [0.1, 0.15) is 13.3 Å². The van der Waals surface area contributed by atoms with E-state index in [2.05, 4.69) is 4.98 Å². The van der Waals surface area contributed by atoms with E-state index < -0.39 is 0 Å². The van der Waals surface area contributed by atoms with Gasteiger partial charge >= 0.3 is 0 Å². The van der Waals surface area contributed by atoms with E-state index in [1.807, 2.05) is 0 Å². The van der Waals surface area contributed by atoms with Crippen LogP contribution in [0.3, 0.4) is 0 Å². The highest BCUT2D eigenvalue weighted by atomic mass is 35.5. The monoisotopic (exact) mass is 286 g/mol. The Labute approximate surface area is 113 Å². The second kappa shape index (κ2) is 5.16. The number of pyridine rings is 1. The number of anilines is 1. The van der Waals surface area contributed by atoms with Crippen molar-refractivity contribution in [3.05, 3.63) is 17.3 Å². The lowest BCUT2D eigenvalue weighted by molar-refractivity contribution is -0.117. The molecule has 0 aromatic carbocycles. The molecule has 1 amide bonds. The Morgan fingerprint density at radius 1 is 1.67 bits per heavy atom. The van der Waals surface area contributed by atoms with Gasteiger partial charge in [0.15, 0.2) is 16.7 Å². The third-order valence-electron chi connectivity index (χ3n) is 2.49. The van der Waals surface area contributed by atoms with Gasteiger partial charge in [0.2, 0.25) is 5.91 Å². The minimum Gasteiger partial charge on any atom is -0.504 e. The molecule has 1 aliphatic rings. The van der Waals surface area contributed by atoms with Crippen LogP contribution in [0.25, 0.3) is 0 Å². The third-order valence-corrected chi connectivity index (χ3v) is 3.68. The summed E-state index contributed by atoms with van der Waals surface area (Å²) in [5, 5.41) is 9.91. The van der Waals surface area contributed by atoms with Crippen LogP contribution in [-0.4, -0.2) is 32.9 Å². The molecule has 2 rings (SSSR count). The van der Waals surface area contributed by atoms with Gasteiger partial charge in [0.1, 0.15) is 0 Å². The first kappa shape index (κ1) is 13.2. The summed E-state index contributed by atoms with van der Waals surface area (Å²) in [7, 11) is 0. The standard InChI is InChI=1S/C11H11ClN2O3S/c1-6(15)18-8-3-10(17)14(5-8)11-9(16)2-7(12)4-13-11/h2,4,8,16H,3,5H2,1H3. The van der Waals surface area contributed by atoms with Crippen molar-refractivity contribution >= 4 is 40.2 Å². The maximum Gasteiger partial charge on any atom is 0.229 e. The molecule has 1 aromatic heterocycles. The quantitative estimate of drug-likeness (QED) is 0.898. The SMILES string of the molecule is CC(=O)SC1CC(=O)N(c2ncc(Cl)cc2O)C1. The Bertz CT molecular complexity index is 509. The largest absolute Gasteiger partial charge is 0.504 e. The van der Waals surface area contributed by atoms with Gasteiger partial charge in [0.05, 0.1) is 5.02 Å². The molecular weight excluding hydrogens is 276 g/mol. The molecule has 2 heterocycles. The van der Waals surface area contributed by atoms with Gasteiger partial charge in [-0.25, -0.2) is 4.98 Å². The number of rotatable bonds is 2. The highest BCUT2D eigenvalue weighted by molar-refractivity contribution is 8.14. The van der Waals surface area contributed by atoms with Crippen molar-refractivity contribution in [3.8, 4) is 5.75 Å². The highest BCUT2D eigenvalue weighted by Gasteiger charge is 2.33. The number of amides is 1. The number of thioether (sulfide) groups is 1. The molecule has 1 atom stereocenters. The smallest absolute Gasteiger partial charge is 0.229 e. The van der Waals surface area contributed by atoms with Crippen molar-refractivity contribution in [1.29, 1.82) is 0 Å². The molecule has 5 nitrogen and oxygen atoms in total. The maximum atomic E-state index is 11.8. The molecule has 1 fully saturated rings. The number of hydrogen-bond donors (Lipinski definition) is 1. The first-order chi connectivity index (χ1) is 8.47. The van der Waals surface area contributed by atoms with Crippen LogP contribution >= 0.6 is 23.4 Å². The van der Waals surface area contributed by atoms with E-state index in [1.54, 1.807) is 0 Å². The fourth-order valence-corrected chi connectivity index (χ4v) is 2.89. The molecule has 1 aromatic rings. The molecule has 1 aliphatic heterocycles. The zero-order valence-electron chi connectivity index (χ0n) is 9.59. The summed E-state index contributed by atoms with van der Waals surface area (Å²) in [6, 6.07) is 1.34. The summed E-state index contributed by atoms with van der Waals surface area (Å²) in [5.41, 5.74) is 0. The minimum atomic E-state index is -0.154. The van der Waals surface area contributed by atoms with Crippen LogP contribution in [0.5, 0.6) is 5.75 Å². The lowest BCUT2D eigenvalue weighted by atomic mass is 10.4. The van der Waals surface area contributed by atoms with Crippen molar-refractivity contribution in [2.45, 2.75) is 18.6 Å². The van der Waals surface area contributed by atoms with Crippen molar-refractivity contribution < 1.29 is 14.7 Å². The summed E-state index contributed by atoms with van der Waals surface area (Å²) in [6.45, 7) is 1.83. The van der Waals surface area contributed by atoms with E-state index in [0.717, 1.165) is 11.8 Å². The van der Waals surface area contributed by atoms with Gasteiger partial charge in [-0.15, -0.1) is 0 Å². The van der Waals surface area contributed by atoms with Gasteiger partial charge < -0.3 is 5.11 Å². The predicted molar refractivity (Wildman–Crippen MR) is 69.9 cm³/mol. The van der Waals surface area contributed by atoms with E-state index in [0.29, 0.717) is 11.6 Å². The van der Waals surface area contributed by atoms with Crippen LogP contribution < -0.4 is 4.90 Å². The Morgan fingerprint density at radius 2 is 2.39 bits per heavy atom. The van der Waals surface area contributed by atoms with Gasteiger partial charge in [-0.3, -0.25) is 14.5 Å². The number of carbonyl (C=O) groups excluding carboxylic acids is 2. The fraction of sp³-hybridized carbons (Fsp3) is 0.364. The van der Waals surface area contributed by atoms with Crippen LogP contribution in [0.2, 0.25) is 5.02 Å². The van der Waals surface area contributed by atoms with E-state index in [4.69, 9.17) is 11.6 Å². The first-order valence-corrected chi connectivity index (χ1v) is 6.55. The van der Waals surface area contributed by atoms with Crippen LogP contribution in [0, 0.1) is 0 Å². The molecule has 0 radical (unpaired) electrons. The van der Waals surface area contributed by atoms with E-state index >= 15 is 0 Å². The minimum absolute atomic E-state index is 0.0251. The molecule has 0 saturated carbocycles. The average Bonchev–Trinajstić information content (AvgIpc) is 2.58. The van der Waals surface area contributed by atoms with Gasteiger partial charge in [0.25, 0.3) is 0 Å². The molecule has 0 bridgehead atoms. The van der Waals surface area contributed by atoms with Crippen LogP contribution in [0.4, 0.5) is 5.82 Å². The summed E-state index contributed by atoms with van der Waals surface area (Å²) in [5.74, 6) is -0.0979. The van der Waals surface area contributed by atoms with E-state index in [9.17, 15) is 14.7 Å². The number of aromatic hydroxyl groups is 1. The second-order valence-electron chi connectivity index (χ2n) is 3.94. The van der Waals surface area contributed by atoms with Crippen molar-refractivity contribution in [2.24, 2.45) is 0 Å². The molecule has 18 heavy (non-hydrogen) atoms. The van der Waals surface area contributed by atoms with Crippen molar-refractivity contribution in [1.82, 2.24) is 4.98 Å². The highest BCUT2D eigenvalue weighted by Crippen LogP contribution is 2.33. The lowest BCUT2D eigenvalue weighted by Crippen LogP contribution is -2.26. The van der Waals surface area contributed by atoms with E-state index in [1.165, 1.54) is 24.1 Å². The molecular formula is C11H11ClN2O3S. The van der Waals surface area contributed by atoms with E-state index in [-0.39, 0.29) is 34.3 Å². The Hall–Kier alpha value is -1.27. The zero-order chi connectivity index (χ0) is 13.3. The number of aromatic nitrogens is 1. The van der Waals surface area contributed by atoms with Crippen molar-refractivity contribution in [2.75, 3.05) is 11.4 Å². The van der Waals surface area contributed by atoms with Crippen LogP contribution in [0.15, 0.2) is 12.3 Å². The second-order valence-corrected chi connectivity index (χ2v) is 5.85. The first-order valence-electron chi connectivity index (χ1n) is 5.29. The Balaban J connectivity index is 2.19.